The van der Waals surface area contributed by atoms with Gasteiger partial charge < -0.3 is 5.11 Å². The van der Waals surface area contributed by atoms with Gasteiger partial charge in [-0.15, -0.1) is 0 Å². The van der Waals surface area contributed by atoms with Gasteiger partial charge >= 0.3 is 0 Å². The summed E-state index contributed by atoms with van der Waals surface area (Å²) in [5.41, 5.74) is 0.0600. The van der Waals surface area contributed by atoms with Gasteiger partial charge in [0.15, 0.2) is 11.6 Å². The largest absolute Gasteiger partial charge is 0.396 e. The number of hydrogen-bond donors (Lipinski definition) is 1. The Morgan fingerprint density at radius 3 is 2.43 bits per heavy atom. The number of hydrogen-bond acceptors (Lipinski definition) is 1. The van der Waals surface area contributed by atoms with Gasteiger partial charge in [0, 0.05) is 6.61 Å². The van der Waals surface area contributed by atoms with Crippen LogP contribution in [0.15, 0.2) is 10.5 Å². The molecule has 1 nitrogen and oxygen atoms in total. The lowest BCUT2D eigenvalue weighted by molar-refractivity contribution is 0.288. The van der Waals surface area contributed by atoms with E-state index in [1.807, 2.05) is 0 Å². The van der Waals surface area contributed by atoms with Crippen LogP contribution in [0.3, 0.4) is 0 Å². The summed E-state index contributed by atoms with van der Waals surface area (Å²) in [4.78, 5) is 0. The van der Waals surface area contributed by atoms with E-state index in [0.29, 0.717) is 6.42 Å². The number of halogens is 4. The van der Waals surface area contributed by atoms with E-state index in [-0.39, 0.29) is 18.6 Å². The molecule has 78 valence electrons. The summed E-state index contributed by atoms with van der Waals surface area (Å²) in [6, 6.07) is 0.811. The Morgan fingerprint density at radius 2 is 1.86 bits per heavy atom. The zero-order valence-corrected chi connectivity index (χ0v) is 8.74. The summed E-state index contributed by atoms with van der Waals surface area (Å²) < 4.78 is 38.3. The third-order valence-corrected chi connectivity index (χ3v) is 2.48. The molecule has 1 N–H and O–H groups in total. The molecule has 0 aromatic heterocycles. The molecule has 5 heteroatoms. The maximum atomic E-state index is 13.2. The van der Waals surface area contributed by atoms with Crippen LogP contribution in [0.1, 0.15) is 12.0 Å². The Kier molecular flexibility index (Phi) is 3.95. The molecule has 0 atom stereocenters. The Hall–Kier alpha value is -0.550. The van der Waals surface area contributed by atoms with Crippen molar-refractivity contribution in [3.63, 3.8) is 0 Å². The molecule has 0 aliphatic carbocycles. The fourth-order valence-electron chi connectivity index (χ4n) is 1.07. The van der Waals surface area contributed by atoms with Crippen molar-refractivity contribution >= 4 is 15.9 Å². The Morgan fingerprint density at radius 1 is 1.21 bits per heavy atom. The second-order valence-corrected chi connectivity index (χ2v) is 3.58. The second-order valence-electron chi connectivity index (χ2n) is 2.79. The van der Waals surface area contributed by atoms with Crippen LogP contribution in [-0.2, 0) is 6.42 Å². The maximum absolute atomic E-state index is 13.2. The van der Waals surface area contributed by atoms with Crippen LogP contribution in [0.2, 0.25) is 0 Å². The van der Waals surface area contributed by atoms with Gasteiger partial charge in [-0.3, -0.25) is 0 Å². The first-order valence-electron chi connectivity index (χ1n) is 4.00. The van der Waals surface area contributed by atoms with Crippen molar-refractivity contribution in [1.82, 2.24) is 0 Å². The molecule has 0 radical (unpaired) electrons. The zero-order chi connectivity index (χ0) is 10.7. The summed E-state index contributed by atoms with van der Waals surface area (Å²) >= 11 is 2.62. The van der Waals surface area contributed by atoms with Crippen LogP contribution in [0, 0.1) is 17.5 Å². The molecule has 1 aromatic carbocycles. The zero-order valence-electron chi connectivity index (χ0n) is 7.16. The van der Waals surface area contributed by atoms with Gasteiger partial charge in [-0.1, -0.05) is 0 Å². The molecule has 0 bridgehead atoms. The highest BCUT2D eigenvalue weighted by Gasteiger charge is 2.15. The first kappa shape index (κ1) is 11.5. The summed E-state index contributed by atoms with van der Waals surface area (Å²) in [5.74, 6) is -3.13. The number of aliphatic hydroxyl groups is 1. The van der Waals surface area contributed by atoms with E-state index >= 15 is 0 Å². The second kappa shape index (κ2) is 4.79. The molecule has 0 heterocycles. The van der Waals surface area contributed by atoms with Crippen molar-refractivity contribution in [2.24, 2.45) is 0 Å². The Labute approximate surface area is 87.7 Å². The first-order chi connectivity index (χ1) is 6.57. The Bertz CT molecular complexity index is 341. The van der Waals surface area contributed by atoms with E-state index in [0.717, 1.165) is 6.07 Å². The Balaban J connectivity index is 3.06. The third kappa shape index (κ3) is 2.27. The minimum atomic E-state index is -1.23. The van der Waals surface area contributed by atoms with E-state index in [4.69, 9.17) is 5.11 Å². The van der Waals surface area contributed by atoms with Crippen LogP contribution in [0.4, 0.5) is 13.2 Å². The average molecular weight is 269 g/mol. The molecular formula is C9H8BrF3O. The van der Waals surface area contributed by atoms with Crippen molar-refractivity contribution < 1.29 is 18.3 Å². The van der Waals surface area contributed by atoms with Crippen molar-refractivity contribution in [2.75, 3.05) is 6.61 Å². The highest BCUT2D eigenvalue weighted by molar-refractivity contribution is 9.10. The highest BCUT2D eigenvalue weighted by Crippen LogP contribution is 2.25. The first-order valence-corrected chi connectivity index (χ1v) is 4.80. The fourth-order valence-corrected chi connectivity index (χ4v) is 1.52. The predicted molar refractivity (Wildman–Crippen MR) is 49.4 cm³/mol. The topological polar surface area (TPSA) is 20.2 Å². The summed E-state index contributed by atoms with van der Waals surface area (Å²) in [7, 11) is 0. The molecule has 0 saturated carbocycles. The smallest absolute Gasteiger partial charge is 0.175 e. The number of aliphatic hydroxyl groups excluding tert-OH is 1. The van der Waals surface area contributed by atoms with Gasteiger partial charge in [0.25, 0.3) is 0 Å². The number of aryl methyl sites for hydroxylation is 1. The molecule has 0 aliphatic heterocycles. The van der Waals surface area contributed by atoms with Crippen molar-refractivity contribution in [3.8, 4) is 0 Å². The number of benzene rings is 1. The minimum absolute atomic E-state index is 0.0600. The van der Waals surface area contributed by atoms with E-state index in [1.54, 1.807) is 0 Å². The molecular weight excluding hydrogens is 261 g/mol. The van der Waals surface area contributed by atoms with Crippen molar-refractivity contribution in [2.45, 2.75) is 12.8 Å². The van der Waals surface area contributed by atoms with Gasteiger partial charge in [-0.05, 0) is 40.4 Å². The summed E-state index contributed by atoms with van der Waals surface area (Å²) in [6.45, 7) is -0.115. The van der Waals surface area contributed by atoms with Gasteiger partial charge in [0.2, 0.25) is 0 Å². The molecule has 0 spiro atoms. The van der Waals surface area contributed by atoms with Gasteiger partial charge in [0.05, 0.1) is 4.47 Å². The van der Waals surface area contributed by atoms with Crippen LogP contribution in [0.5, 0.6) is 0 Å². The summed E-state index contributed by atoms with van der Waals surface area (Å²) in [5, 5.41) is 8.51. The van der Waals surface area contributed by atoms with Gasteiger partial charge in [0.1, 0.15) is 5.82 Å². The monoisotopic (exact) mass is 268 g/mol. The van der Waals surface area contributed by atoms with Gasteiger partial charge in [-0.2, -0.15) is 0 Å². The molecule has 14 heavy (non-hydrogen) atoms. The van der Waals surface area contributed by atoms with Crippen LogP contribution < -0.4 is 0 Å². The van der Waals surface area contributed by atoms with E-state index < -0.39 is 21.9 Å². The number of rotatable bonds is 3. The molecule has 0 unspecified atom stereocenters. The lowest BCUT2D eigenvalue weighted by atomic mass is 10.1. The highest BCUT2D eigenvalue weighted by atomic mass is 79.9. The average Bonchev–Trinajstić information content (AvgIpc) is 2.18. The quantitative estimate of drug-likeness (QED) is 0.660. The van der Waals surface area contributed by atoms with Gasteiger partial charge in [-0.25, -0.2) is 13.2 Å². The van der Waals surface area contributed by atoms with E-state index in [1.165, 1.54) is 0 Å². The SMILES string of the molecule is OCCCc1cc(F)c(F)c(Br)c1F. The standard InChI is InChI=1S/C9H8BrF3O/c10-7-8(12)5(2-1-3-14)4-6(11)9(7)13/h4,14H,1-3H2. The summed E-state index contributed by atoms with van der Waals surface area (Å²) in [6.07, 6.45) is 0.493. The molecule has 0 amide bonds. The fraction of sp³-hybridized carbons (Fsp3) is 0.333. The lowest BCUT2D eigenvalue weighted by Crippen LogP contribution is -1.99. The van der Waals surface area contributed by atoms with E-state index in [2.05, 4.69) is 15.9 Å². The predicted octanol–water partition coefficient (Wildman–Crippen LogP) is 2.79. The molecule has 0 aliphatic rings. The van der Waals surface area contributed by atoms with Crippen LogP contribution in [0.25, 0.3) is 0 Å². The maximum Gasteiger partial charge on any atom is 0.175 e. The van der Waals surface area contributed by atoms with E-state index in [9.17, 15) is 13.2 Å². The van der Waals surface area contributed by atoms with Crippen molar-refractivity contribution in [3.05, 3.63) is 33.6 Å². The van der Waals surface area contributed by atoms with Crippen LogP contribution in [-0.4, -0.2) is 11.7 Å². The lowest BCUT2D eigenvalue weighted by Gasteiger charge is -2.05. The molecule has 0 fully saturated rings. The minimum Gasteiger partial charge on any atom is -0.396 e. The third-order valence-electron chi connectivity index (χ3n) is 1.78. The van der Waals surface area contributed by atoms with Crippen molar-refractivity contribution in [1.29, 1.82) is 0 Å². The molecule has 0 saturated heterocycles. The molecule has 1 aromatic rings. The van der Waals surface area contributed by atoms with Crippen LogP contribution >= 0.6 is 15.9 Å². The normalized spacial score (nSPS) is 10.6. The molecule has 1 rings (SSSR count).